The minimum atomic E-state index is -0.417. The van der Waals surface area contributed by atoms with E-state index in [1.807, 2.05) is 37.3 Å². The molecule has 1 unspecified atom stereocenters. The molecule has 0 aliphatic rings. The lowest BCUT2D eigenvalue weighted by molar-refractivity contribution is 0.116. The number of hydrogen-bond donors (Lipinski definition) is 2. The molecule has 0 saturated heterocycles. The molecular weight excluding hydrogens is 332 g/mol. The highest BCUT2D eigenvalue weighted by atomic mass is 79.9. The Morgan fingerprint density at radius 2 is 2.05 bits per heavy atom. The van der Waals surface area contributed by atoms with Crippen LogP contribution in [0.3, 0.4) is 0 Å². The van der Waals surface area contributed by atoms with Crippen molar-refractivity contribution in [2.75, 3.05) is 26.0 Å². The van der Waals surface area contributed by atoms with Gasteiger partial charge in [0.25, 0.3) is 0 Å². The lowest BCUT2D eigenvalue weighted by Gasteiger charge is -2.15. The molecule has 114 valence electrons. The van der Waals surface area contributed by atoms with Crippen molar-refractivity contribution in [1.29, 1.82) is 0 Å². The summed E-state index contributed by atoms with van der Waals surface area (Å²) in [4.78, 5) is 1.96. The highest BCUT2D eigenvalue weighted by Crippen LogP contribution is 2.12. The smallest absolute Gasteiger partial charge is 0.0862 e. The van der Waals surface area contributed by atoms with Gasteiger partial charge in [0.05, 0.1) is 24.5 Å². The van der Waals surface area contributed by atoms with Crippen LogP contribution in [0.4, 0.5) is 5.69 Å². The predicted molar refractivity (Wildman–Crippen MR) is 88.3 cm³/mol. The van der Waals surface area contributed by atoms with E-state index in [4.69, 9.17) is 0 Å². The molecule has 5 nitrogen and oxygen atoms in total. The third-order valence-corrected chi connectivity index (χ3v) is 3.55. The van der Waals surface area contributed by atoms with Crippen LogP contribution in [0, 0.1) is 0 Å². The summed E-state index contributed by atoms with van der Waals surface area (Å²) in [5.74, 6) is 0. The van der Waals surface area contributed by atoms with Crippen molar-refractivity contribution >= 4 is 21.6 Å². The van der Waals surface area contributed by atoms with E-state index in [0.29, 0.717) is 13.1 Å². The lowest BCUT2D eigenvalue weighted by Crippen LogP contribution is -2.29. The first-order valence-corrected chi connectivity index (χ1v) is 7.66. The summed E-state index contributed by atoms with van der Waals surface area (Å²) in [6.45, 7) is 1.87. The van der Waals surface area contributed by atoms with Gasteiger partial charge in [0, 0.05) is 23.8 Å². The summed E-state index contributed by atoms with van der Waals surface area (Å²) in [5, 5.41) is 17.5. The van der Waals surface area contributed by atoms with Crippen LogP contribution in [0.15, 0.2) is 41.1 Å². The second-order valence-electron chi connectivity index (χ2n) is 5.35. The molecule has 0 aliphatic carbocycles. The van der Waals surface area contributed by atoms with Crippen molar-refractivity contribution in [3.05, 3.63) is 46.7 Å². The molecule has 21 heavy (non-hydrogen) atoms. The van der Waals surface area contributed by atoms with Crippen molar-refractivity contribution in [3.63, 3.8) is 0 Å². The Morgan fingerprint density at radius 3 is 2.71 bits per heavy atom. The Balaban J connectivity index is 1.84. The van der Waals surface area contributed by atoms with E-state index in [9.17, 15) is 5.11 Å². The first-order chi connectivity index (χ1) is 10.0. The standard InChI is InChI=1S/C15H21BrN4O/c1-19(2)10-15(21)11-20-9-14(8-18-20)17-7-12-3-5-13(16)6-4-12/h3-6,8-9,15,17,21H,7,10-11H2,1-2H3. The van der Waals surface area contributed by atoms with Gasteiger partial charge >= 0.3 is 0 Å². The van der Waals surface area contributed by atoms with E-state index in [2.05, 4.69) is 38.5 Å². The Morgan fingerprint density at radius 1 is 1.33 bits per heavy atom. The molecule has 1 atom stereocenters. The van der Waals surface area contributed by atoms with Crippen molar-refractivity contribution in [2.45, 2.75) is 19.2 Å². The lowest BCUT2D eigenvalue weighted by atomic mass is 10.2. The van der Waals surface area contributed by atoms with Crippen molar-refractivity contribution in [1.82, 2.24) is 14.7 Å². The third-order valence-electron chi connectivity index (χ3n) is 3.02. The number of hydrogen-bond acceptors (Lipinski definition) is 4. The monoisotopic (exact) mass is 352 g/mol. The van der Waals surface area contributed by atoms with Crippen LogP contribution in [0.2, 0.25) is 0 Å². The summed E-state index contributed by atoms with van der Waals surface area (Å²) in [7, 11) is 3.88. The highest BCUT2D eigenvalue weighted by molar-refractivity contribution is 9.10. The number of aliphatic hydroxyl groups is 1. The van der Waals surface area contributed by atoms with Gasteiger partial charge in [0.1, 0.15) is 0 Å². The van der Waals surface area contributed by atoms with Crippen LogP contribution < -0.4 is 5.32 Å². The number of halogens is 1. The molecule has 0 fully saturated rings. The van der Waals surface area contributed by atoms with Gasteiger partial charge in [0.2, 0.25) is 0 Å². The maximum Gasteiger partial charge on any atom is 0.0862 e. The molecule has 1 aromatic carbocycles. The first-order valence-electron chi connectivity index (χ1n) is 6.86. The Kier molecular flexibility index (Phi) is 5.78. The van der Waals surface area contributed by atoms with E-state index < -0.39 is 6.10 Å². The molecule has 6 heteroatoms. The zero-order chi connectivity index (χ0) is 15.2. The molecule has 0 bridgehead atoms. The van der Waals surface area contributed by atoms with Gasteiger partial charge in [-0.05, 0) is 31.8 Å². The number of benzene rings is 1. The molecule has 0 amide bonds. The molecule has 2 N–H and O–H groups in total. The number of anilines is 1. The average Bonchev–Trinajstić information content (AvgIpc) is 2.84. The second-order valence-corrected chi connectivity index (χ2v) is 6.26. The maximum absolute atomic E-state index is 9.89. The quantitative estimate of drug-likeness (QED) is 0.801. The number of rotatable bonds is 7. The van der Waals surface area contributed by atoms with E-state index in [1.165, 1.54) is 5.56 Å². The fraction of sp³-hybridized carbons (Fsp3) is 0.400. The minimum absolute atomic E-state index is 0.417. The van der Waals surface area contributed by atoms with Crippen LogP contribution in [-0.4, -0.2) is 46.5 Å². The van der Waals surface area contributed by atoms with Crippen molar-refractivity contribution in [3.8, 4) is 0 Å². The Labute approximate surface area is 133 Å². The summed E-state index contributed by atoms with van der Waals surface area (Å²) >= 11 is 3.42. The van der Waals surface area contributed by atoms with Crippen molar-refractivity contribution in [2.24, 2.45) is 0 Å². The summed E-state index contributed by atoms with van der Waals surface area (Å²) < 4.78 is 2.84. The normalized spacial score (nSPS) is 12.6. The van der Waals surface area contributed by atoms with E-state index >= 15 is 0 Å². The molecule has 1 heterocycles. The number of aliphatic hydroxyl groups excluding tert-OH is 1. The van der Waals surface area contributed by atoms with Crippen LogP contribution >= 0.6 is 15.9 Å². The second kappa shape index (κ2) is 7.59. The van der Waals surface area contributed by atoms with Crippen LogP contribution in [0.5, 0.6) is 0 Å². The van der Waals surface area contributed by atoms with Crippen LogP contribution in [0.1, 0.15) is 5.56 Å². The molecule has 0 spiro atoms. The average molecular weight is 353 g/mol. The van der Waals surface area contributed by atoms with Gasteiger partial charge in [-0.3, -0.25) is 4.68 Å². The fourth-order valence-electron chi connectivity index (χ4n) is 2.06. The molecular formula is C15H21BrN4O. The molecule has 0 radical (unpaired) electrons. The first kappa shape index (κ1) is 16.0. The van der Waals surface area contributed by atoms with Gasteiger partial charge in [-0.1, -0.05) is 28.1 Å². The summed E-state index contributed by atoms with van der Waals surface area (Å²) in [6, 6.07) is 8.20. The number of likely N-dealkylation sites (N-methyl/N-ethyl adjacent to an activating group) is 1. The van der Waals surface area contributed by atoms with Gasteiger partial charge in [-0.15, -0.1) is 0 Å². The van der Waals surface area contributed by atoms with Gasteiger partial charge < -0.3 is 15.3 Å². The highest BCUT2D eigenvalue weighted by Gasteiger charge is 2.07. The minimum Gasteiger partial charge on any atom is -0.390 e. The zero-order valence-corrected chi connectivity index (χ0v) is 13.9. The number of nitrogens with one attached hydrogen (secondary N) is 1. The number of aromatic nitrogens is 2. The van der Waals surface area contributed by atoms with Crippen molar-refractivity contribution < 1.29 is 5.11 Å². The fourth-order valence-corrected chi connectivity index (χ4v) is 2.32. The predicted octanol–water partition coefficient (Wildman–Crippen LogP) is 2.18. The Bertz CT molecular complexity index is 553. The van der Waals surface area contributed by atoms with E-state index in [1.54, 1.807) is 10.9 Å². The molecule has 1 aromatic heterocycles. The maximum atomic E-state index is 9.89. The Hall–Kier alpha value is -1.37. The van der Waals surface area contributed by atoms with Crippen LogP contribution in [-0.2, 0) is 13.1 Å². The SMILES string of the molecule is CN(C)CC(O)Cn1cc(NCc2ccc(Br)cc2)cn1. The molecule has 0 aliphatic heterocycles. The van der Waals surface area contributed by atoms with E-state index in [0.717, 1.165) is 16.7 Å². The van der Waals surface area contributed by atoms with Gasteiger partial charge in [-0.25, -0.2) is 0 Å². The molecule has 0 saturated carbocycles. The number of nitrogens with zero attached hydrogens (tertiary/aromatic N) is 3. The zero-order valence-electron chi connectivity index (χ0n) is 12.3. The largest absolute Gasteiger partial charge is 0.390 e. The molecule has 2 rings (SSSR count). The van der Waals surface area contributed by atoms with E-state index in [-0.39, 0.29) is 0 Å². The van der Waals surface area contributed by atoms with Crippen LogP contribution in [0.25, 0.3) is 0 Å². The third kappa shape index (κ3) is 5.49. The van der Waals surface area contributed by atoms with Gasteiger partial charge in [-0.2, -0.15) is 5.10 Å². The molecule has 2 aromatic rings. The summed E-state index contributed by atoms with van der Waals surface area (Å²) in [6.07, 6.45) is 3.28. The topological polar surface area (TPSA) is 53.3 Å². The summed E-state index contributed by atoms with van der Waals surface area (Å²) in [5.41, 5.74) is 2.16. The van der Waals surface area contributed by atoms with Gasteiger partial charge in [0.15, 0.2) is 0 Å².